The van der Waals surface area contributed by atoms with Gasteiger partial charge in [0, 0.05) is 6.42 Å². The summed E-state index contributed by atoms with van der Waals surface area (Å²) in [5.74, 6) is -0.183. The van der Waals surface area contributed by atoms with Crippen LogP contribution >= 0.6 is 0 Å². The zero-order valence-electron chi connectivity index (χ0n) is 9.51. The van der Waals surface area contributed by atoms with Crippen molar-refractivity contribution < 1.29 is 9.18 Å². The summed E-state index contributed by atoms with van der Waals surface area (Å²) in [6.45, 7) is 5.90. The summed E-state index contributed by atoms with van der Waals surface area (Å²) in [6, 6.07) is 4.66. The van der Waals surface area contributed by atoms with Gasteiger partial charge in [-0.15, -0.1) is 0 Å². The van der Waals surface area contributed by atoms with Gasteiger partial charge in [0.25, 0.3) is 0 Å². The van der Waals surface area contributed by atoms with Gasteiger partial charge in [-0.2, -0.15) is 0 Å². The molecule has 0 bridgehead atoms. The van der Waals surface area contributed by atoms with E-state index >= 15 is 0 Å². The molecule has 0 aromatic heterocycles. The molecule has 0 fully saturated rings. The summed E-state index contributed by atoms with van der Waals surface area (Å²) in [7, 11) is 0. The highest BCUT2D eigenvalue weighted by molar-refractivity contribution is 5.96. The molecule has 0 saturated carbocycles. The van der Waals surface area contributed by atoms with Crippen molar-refractivity contribution in [1.29, 1.82) is 0 Å². The molecule has 82 valence electrons. The van der Waals surface area contributed by atoms with E-state index in [9.17, 15) is 9.18 Å². The number of Topliss-reactive ketones (excluding diaryl/α,β-unsaturated/α-hetero) is 1. The molecule has 0 N–H and O–H groups in total. The lowest BCUT2D eigenvalue weighted by molar-refractivity contribution is 0.0959. The fourth-order valence-corrected chi connectivity index (χ4v) is 1.42. The number of aryl methyl sites for hydroxylation is 1. The normalized spacial score (nSPS) is 12.5. The molecule has 1 aromatic carbocycles. The van der Waals surface area contributed by atoms with Crippen molar-refractivity contribution in [2.75, 3.05) is 0 Å². The van der Waals surface area contributed by atoms with E-state index in [0.717, 1.165) is 12.0 Å². The predicted molar refractivity (Wildman–Crippen MR) is 59.5 cm³/mol. The van der Waals surface area contributed by atoms with Crippen LogP contribution in [0.4, 0.5) is 4.39 Å². The number of ketones is 1. The third-order valence-electron chi connectivity index (χ3n) is 2.65. The SMILES string of the molecule is CCC(C)CC(=O)c1cc(C)ccc1F. The largest absolute Gasteiger partial charge is 0.294 e. The fourth-order valence-electron chi connectivity index (χ4n) is 1.42. The summed E-state index contributed by atoms with van der Waals surface area (Å²) in [5, 5.41) is 0. The van der Waals surface area contributed by atoms with Gasteiger partial charge in [0.2, 0.25) is 0 Å². The molecule has 0 aliphatic carbocycles. The molecule has 0 radical (unpaired) electrons. The average Bonchev–Trinajstić information content (AvgIpc) is 2.21. The summed E-state index contributed by atoms with van der Waals surface area (Å²) >= 11 is 0. The minimum absolute atomic E-state index is 0.0921. The minimum atomic E-state index is -0.408. The lowest BCUT2D eigenvalue weighted by Crippen LogP contribution is -2.07. The molecule has 0 saturated heterocycles. The first-order valence-corrected chi connectivity index (χ1v) is 5.34. The average molecular weight is 208 g/mol. The quantitative estimate of drug-likeness (QED) is 0.689. The highest BCUT2D eigenvalue weighted by atomic mass is 19.1. The van der Waals surface area contributed by atoms with Gasteiger partial charge in [-0.1, -0.05) is 31.9 Å². The van der Waals surface area contributed by atoms with Gasteiger partial charge >= 0.3 is 0 Å². The molecular formula is C13H17FO. The van der Waals surface area contributed by atoms with Crippen LogP contribution in [0.2, 0.25) is 0 Å². The van der Waals surface area contributed by atoms with E-state index in [0.29, 0.717) is 12.3 Å². The summed E-state index contributed by atoms with van der Waals surface area (Å²) < 4.78 is 13.4. The van der Waals surface area contributed by atoms with Crippen molar-refractivity contribution >= 4 is 5.78 Å². The van der Waals surface area contributed by atoms with E-state index in [-0.39, 0.29) is 11.3 Å². The Morgan fingerprint density at radius 2 is 2.13 bits per heavy atom. The Hall–Kier alpha value is -1.18. The van der Waals surface area contributed by atoms with E-state index in [1.165, 1.54) is 6.07 Å². The van der Waals surface area contributed by atoms with Crippen molar-refractivity contribution in [3.05, 3.63) is 35.1 Å². The van der Waals surface area contributed by atoms with Gasteiger partial charge in [0.05, 0.1) is 5.56 Å². The smallest absolute Gasteiger partial charge is 0.166 e. The van der Waals surface area contributed by atoms with E-state index < -0.39 is 5.82 Å². The first kappa shape index (κ1) is 11.9. The summed E-state index contributed by atoms with van der Waals surface area (Å²) in [4.78, 5) is 11.7. The van der Waals surface area contributed by atoms with E-state index in [1.807, 2.05) is 20.8 Å². The van der Waals surface area contributed by atoms with Gasteiger partial charge in [-0.05, 0) is 25.0 Å². The Balaban J connectivity index is 2.86. The third kappa shape index (κ3) is 3.15. The zero-order valence-corrected chi connectivity index (χ0v) is 9.51. The van der Waals surface area contributed by atoms with Crippen LogP contribution in [0.5, 0.6) is 0 Å². The van der Waals surface area contributed by atoms with Crippen LogP contribution in [0.1, 0.15) is 42.6 Å². The highest BCUT2D eigenvalue weighted by Gasteiger charge is 2.14. The summed E-state index contributed by atoms with van der Waals surface area (Å²) in [5.41, 5.74) is 1.15. The molecular weight excluding hydrogens is 191 g/mol. The van der Waals surface area contributed by atoms with E-state index in [4.69, 9.17) is 0 Å². The molecule has 0 spiro atoms. The van der Waals surface area contributed by atoms with Crippen molar-refractivity contribution in [3.8, 4) is 0 Å². The number of benzene rings is 1. The van der Waals surface area contributed by atoms with Crippen LogP contribution in [0.15, 0.2) is 18.2 Å². The van der Waals surface area contributed by atoms with Gasteiger partial charge in [-0.25, -0.2) is 4.39 Å². The molecule has 0 amide bonds. The molecule has 0 aliphatic rings. The highest BCUT2D eigenvalue weighted by Crippen LogP contribution is 2.16. The lowest BCUT2D eigenvalue weighted by atomic mass is 9.97. The first-order valence-electron chi connectivity index (χ1n) is 5.34. The number of hydrogen-bond donors (Lipinski definition) is 0. The Kier molecular flexibility index (Phi) is 4.01. The second-order valence-corrected chi connectivity index (χ2v) is 4.12. The maximum absolute atomic E-state index is 13.4. The van der Waals surface area contributed by atoms with Crippen LogP contribution in [0.3, 0.4) is 0 Å². The molecule has 1 rings (SSSR count). The Morgan fingerprint density at radius 3 is 2.73 bits per heavy atom. The Labute approximate surface area is 90.3 Å². The van der Waals surface area contributed by atoms with E-state index in [2.05, 4.69) is 0 Å². The summed E-state index contributed by atoms with van der Waals surface area (Å²) in [6.07, 6.45) is 1.37. The van der Waals surface area contributed by atoms with Crippen LogP contribution in [0, 0.1) is 18.7 Å². The third-order valence-corrected chi connectivity index (χ3v) is 2.65. The van der Waals surface area contributed by atoms with Crippen LogP contribution in [-0.4, -0.2) is 5.78 Å². The number of hydrogen-bond acceptors (Lipinski definition) is 1. The molecule has 1 aromatic rings. The topological polar surface area (TPSA) is 17.1 Å². The molecule has 2 heteroatoms. The van der Waals surface area contributed by atoms with Crippen molar-refractivity contribution in [1.82, 2.24) is 0 Å². The Morgan fingerprint density at radius 1 is 1.47 bits per heavy atom. The second-order valence-electron chi connectivity index (χ2n) is 4.12. The molecule has 15 heavy (non-hydrogen) atoms. The molecule has 0 aliphatic heterocycles. The maximum atomic E-state index is 13.4. The number of carbonyl (C=O) groups excluding carboxylic acids is 1. The van der Waals surface area contributed by atoms with Crippen molar-refractivity contribution in [3.63, 3.8) is 0 Å². The zero-order chi connectivity index (χ0) is 11.4. The Bertz CT molecular complexity index is 358. The van der Waals surface area contributed by atoms with Gasteiger partial charge in [0.1, 0.15) is 5.82 Å². The molecule has 1 nitrogen and oxygen atoms in total. The molecule has 1 unspecified atom stereocenters. The van der Waals surface area contributed by atoms with Crippen molar-refractivity contribution in [2.45, 2.75) is 33.6 Å². The van der Waals surface area contributed by atoms with Gasteiger partial charge < -0.3 is 0 Å². The first-order chi connectivity index (χ1) is 7.04. The van der Waals surface area contributed by atoms with Crippen LogP contribution < -0.4 is 0 Å². The van der Waals surface area contributed by atoms with Crippen LogP contribution in [0.25, 0.3) is 0 Å². The monoisotopic (exact) mass is 208 g/mol. The van der Waals surface area contributed by atoms with Crippen LogP contribution in [-0.2, 0) is 0 Å². The fraction of sp³-hybridized carbons (Fsp3) is 0.462. The van der Waals surface area contributed by atoms with Gasteiger partial charge in [-0.3, -0.25) is 4.79 Å². The maximum Gasteiger partial charge on any atom is 0.166 e. The number of carbonyl (C=O) groups is 1. The number of halogens is 1. The van der Waals surface area contributed by atoms with Crippen molar-refractivity contribution in [2.24, 2.45) is 5.92 Å². The molecule has 0 heterocycles. The second kappa shape index (κ2) is 5.06. The predicted octanol–water partition coefficient (Wildman–Crippen LogP) is 3.75. The standard InChI is InChI=1S/C13H17FO/c1-4-9(2)8-13(15)11-7-10(3)5-6-12(11)14/h5-7,9H,4,8H2,1-3H3. The molecule has 1 atom stereocenters. The lowest BCUT2D eigenvalue weighted by Gasteiger charge is -2.08. The minimum Gasteiger partial charge on any atom is -0.294 e. The van der Waals surface area contributed by atoms with Gasteiger partial charge in [0.15, 0.2) is 5.78 Å². The number of rotatable bonds is 4. The van der Waals surface area contributed by atoms with E-state index in [1.54, 1.807) is 12.1 Å².